The number of nitrogens with one attached hydrogen (secondary N) is 1. The molecule has 1 unspecified atom stereocenters. The fourth-order valence-corrected chi connectivity index (χ4v) is 3.66. The van der Waals surface area contributed by atoms with Crippen molar-refractivity contribution in [2.45, 2.75) is 26.2 Å². The molecule has 0 saturated carbocycles. The lowest BCUT2D eigenvalue weighted by atomic mass is 9.97. The number of nitrogens with zero attached hydrogens (tertiary/aromatic N) is 2. The third-order valence-corrected chi connectivity index (χ3v) is 5.20. The lowest BCUT2D eigenvalue weighted by Crippen LogP contribution is -2.44. The van der Waals surface area contributed by atoms with E-state index in [0.29, 0.717) is 31.2 Å². The van der Waals surface area contributed by atoms with Crippen molar-refractivity contribution in [2.75, 3.05) is 25.0 Å². The third kappa shape index (κ3) is 5.05. The predicted octanol–water partition coefficient (Wildman–Crippen LogP) is 3.10. The van der Waals surface area contributed by atoms with Gasteiger partial charge in [-0.05, 0) is 31.9 Å². The number of hydrogen-bond donors (Lipinski definition) is 1. The second-order valence-electron chi connectivity index (χ2n) is 6.37. The molecule has 0 radical (unpaired) electrons. The number of carbonyl (C=O) groups excluding carboxylic acids is 2. The minimum atomic E-state index is -0.188. The van der Waals surface area contributed by atoms with Crippen molar-refractivity contribution in [2.24, 2.45) is 5.92 Å². The summed E-state index contributed by atoms with van der Waals surface area (Å²) in [5.41, 5.74) is 0.893. The number of benzene rings is 1. The van der Waals surface area contributed by atoms with Crippen LogP contribution in [0.15, 0.2) is 35.7 Å². The van der Waals surface area contributed by atoms with Crippen LogP contribution in [0.5, 0.6) is 5.75 Å². The first-order chi connectivity index (χ1) is 12.6. The molecule has 1 aliphatic heterocycles. The van der Waals surface area contributed by atoms with Gasteiger partial charge in [-0.25, -0.2) is 4.98 Å². The molecule has 0 spiro atoms. The summed E-state index contributed by atoms with van der Waals surface area (Å²) in [6.07, 6.45) is 1.94. The maximum Gasteiger partial charge on any atom is 0.231 e. The molecule has 2 aromatic rings. The standard InChI is InChI=1S/C19H23N3O3S/c1-14-13-26-19(20-14)21-18(24)15-6-5-10-22(12-15)17(23)9-11-25-16-7-3-2-4-8-16/h2-4,7-8,13,15H,5-6,9-12H2,1H3,(H,20,21,24). The lowest BCUT2D eigenvalue weighted by molar-refractivity contribution is -0.135. The van der Waals surface area contributed by atoms with Crippen molar-refractivity contribution in [3.8, 4) is 5.75 Å². The van der Waals surface area contributed by atoms with Crippen LogP contribution in [0.2, 0.25) is 0 Å². The summed E-state index contributed by atoms with van der Waals surface area (Å²) in [5, 5.41) is 5.38. The topological polar surface area (TPSA) is 71.5 Å². The highest BCUT2D eigenvalue weighted by Gasteiger charge is 2.28. The van der Waals surface area contributed by atoms with Crippen LogP contribution in [0, 0.1) is 12.8 Å². The minimum Gasteiger partial charge on any atom is -0.493 e. The highest BCUT2D eigenvalue weighted by atomic mass is 32.1. The Kier molecular flexibility index (Phi) is 6.22. The van der Waals surface area contributed by atoms with E-state index in [-0.39, 0.29) is 17.7 Å². The van der Waals surface area contributed by atoms with Gasteiger partial charge in [0, 0.05) is 18.5 Å². The number of anilines is 1. The number of piperidine rings is 1. The largest absolute Gasteiger partial charge is 0.493 e. The molecule has 2 heterocycles. The van der Waals surface area contributed by atoms with E-state index in [1.165, 1.54) is 11.3 Å². The number of thiazole rings is 1. The molecular formula is C19H23N3O3S. The molecule has 26 heavy (non-hydrogen) atoms. The Hall–Kier alpha value is -2.41. The van der Waals surface area contributed by atoms with E-state index < -0.39 is 0 Å². The Morgan fingerprint density at radius 1 is 1.35 bits per heavy atom. The van der Waals surface area contributed by atoms with Crippen molar-refractivity contribution in [3.05, 3.63) is 41.4 Å². The Morgan fingerprint density at radius 2 is 2.15 bits per heavy atom. The first-order valence-electron chi connectivity index (χ1n) is 8.80. The van der Waals surface area contributed by atoms with Crippen LogP contribution in [0.25, 0.3) is 0 Å². The van der Waals surface area contributed by atoms with Crippen LogP contribution < -0.4 is 10.1 Å². The Labute approximate surface area is 157 Å². The summed E-state index contributed by atoms with van der Waals surface area (Å²) in [6.45, 7) is 3.39. The molecule has 1 fully saturated rings. The van der Waals surface area contributed by atoms with Gasteiger partial charge >= 0.3 is 0 Å². The molecule has 3 rings (SSSR count). The second kappa shape index (κ2) is 8.80. The van der Waals surface area contributed by atoms with E-state index in [4.69, 9.17) is 4.74 Å². The summed E-state index contributed by atoms with van der Waals surface area (Å²) in [4.78, 5) is 30.9. The molecule has 1 aliphatic rings. The Balaban J connectivity index is 1.46. The summed E-state index contributed by atoms with van der Waals surface area (Å²) in [7, 11) is 0. The van der Waals surface area contributed by atoms with Gasteiger partial charge in [0.05, 0.1) is 24.6 Å². The van der Waals surface area contributed by atoms with Gasteiger partial charge in [0.15, 0.2) is 5.13 Å². The Bertz CT molecular complexity index is 747. The first kappa shape index (κ1) is 18.4. The molecule has 1 saturated heterocycles. The lowest BCUT2D eigenvalue weighted by Gasteiger charge is -2.32. The molecule has 0 aliphatic carbocycles. The number of para-hydroxylation sites is 1. The zero-order valence-corrected chi connectivity index (χ0v) is 15.6. The quantitative estimate of drug-likeness (QED) is 0.845. The fraction of sp³-hybridized carbons (Fsp3) is 0.421. The Morgan fingerprint density at radius 3 is 2.88 bits per heavy atom. The number of carbonyl (C=O) groups is 2. The zero-order valence-electron chi connectivity index (χ0n) is 14.8. The molecule has 0 bridgehead atoms. The molecule has 1 N–H and O–H groups in total. The fourth-order valence-electron chi connectivity index (χ4n) is 2.97. The van der Waals surface area contributed by atoms with Gasteiger partial charge < -0.3 is 15.0 Å². The van der Waals surface area contributed by atoms with Gasteiger partial charge in [-0.1, -0.05) is 18.2 Å². The molecule has 2 amide bonds. The normalized spacial score (nSPS) is 17.0. The zero-order chi connectivity index (χ0) is 18.4. The predicted molar refractivity (Wildman–Crippen MR) is 101 cm³/mol. The highest BCUT2D eigenvalue weighted by Crippen LogP contribution is 2.21. The molecule has 1 aromatic carbocycles. The van der Waals surface area contributed by atoms with E-state index in [0.717, 1.165) is 24.3 Å². The maximum absolute atomic E-state index is 12.4. The van der Waals surface area contributed by atoms with Crippen LogP contribution in [0.3, 0.4) is 0 Å². The van der Waals surface area contributed by atoms with Crippen LogP contribution >= 0.6 is 11.3 Å². The molecule has 138 valence electrons. The maximum atomic E-state index is 12.4. The van der Waals surface area contributed by atoms with Crippen molar-refractivity contribution >= 4 is 28.3 Å². The number of likely N-dealkylation sites (tertiary alicyclic amines) is 1. The SMILES string of the molecule is Cc1csc(NC(=O)C2CCCN(C(=O)CCOc3ccccc3)C2)n1. The van der Waals surface area contributed by atoms with Crippen LogP contribution in [-0.4, -0.2) is 41.4 Å². The highest BCUT2D eigenvalue weighted by molar-refractivity contribution is 7.13. The molecule has 1 atom stereocenters. The van der Waals surface area contributed by atoms with Crippen LogP contribution in [0.1, 0.15) is 25.0 Å². The van der Waals surface area contributed by atoms with Gasteiger partial charge in [-0.15, -0.1) is 11.3 Å². The summed E-state index contributed by atoms with van der Waals surface area (Å²) in [6, 6.07) is 9.45. The monoisotopic (exact) mass is 373 g/mol. The van der Waals surface area contributed by atoms with Gasteiger partial charge in [0.1, 0.15) is 5.75 Å². The van der Waals surface area contributed by atoms with Gasteiger partial charge in [0.25, 0.3) is 0 Å². The van der Waals surface area contributed by atoms with E-state index in [1.807, 2.05) is 42.6 Å². The van der Waals surface area contributed by atoms with Crippen molar-refractivity contribution in [3.63, 3.8) is 0 Å². The number of hydrogen-bond acceptors (Lipinski definition) is 5. The minimum absolute atomic E-state index is 0.0310. The summed E-state index contributed by atoms with van der Waals surface area (Å²) >= 11 is 1.42. The van der Waals surface area contributed by atoms with E-state index in [1.54, 1.807) is 4.90 Å². The number of rotatable bonds is 6. The van der Waals surface area contributed by atoms with Crippen LogP contribution in [-0.2, 0) is 9.59 Å². The van der Waals surface area contributed by atoms with Crippen molar-refractivity contribution in [1.29, 1.82) is 0 Å². The van der Waals surface area contributed by atoms with E-state index >= 15 is 0 Å². The number of amides is 2. The number of ether oxygens (including phenoxy) is 1. The first-order valence-corrected chi connectivity index (χ1v) is 9.68. The average Bonchev–Trinajstić information content (AvgIpc) is 3.07. The van der Waals surface area contributed by atoms with E-state index in [9.17, 15) is 9.59 Å². The molecule has 1 aromatic heterocycles. The van der Waals surface area contributed by atoms with Gasteiger partial charge in [-0.3, -0.25) is 9.59 Å². The summed E-state index contributed by atoms with van der Waals surface area (Å²) < 4.78 is 5.59. The van der Waals surface area contributed by atoms with E-state index in [2.05, 4.69) is 10.3 Å². The average molecular weight is 373 g/mol. The van der Waals surface area contributed by atoms with Crippen LogP contribution in [0.4, 0.5) is 5.13 Å². The number of aromatic nitrogens is 1. The third-order valence-electron chi connectivity index (χ3n) is 4.32. The molecular weight excluding hydrogens is 350 g/mol. The molecule has 7 heteroatoms. The smallest absolute Gasteiger partial charge is 0.231 e. The van der Waals surface area contributed by atoms with Gasteiger partial charge in [0.2, 0.25) is 11.8 Å². The molecule has 6 nitrogen and oxygen atoms in total. The van der Waals surface area contributed by atoms with Crippen molar-refractivity contribution < 1.29 is 14.3 Å². The number of aryl methyl sites for hydroxylation is 1. The summed E-state index contributed by atoms with van der Waals surface area (Å²) in [5.74, 6) is 0.544. The van der Waals surface area contributed by atoms with Gasteiger partial charge in [-0.2, -0.15) is 0 Å². The second-order valence-corrected chi connectivity index (χ2v) is 7.23. The van der Waals surface area contributed by atoms with Crippen molar-refractivity contribution in [1.82, 2.24) is 9.88 Å².